The Balaban J connectivity index is 1.67. The van der Waals surface area contributed by atoms with E-state index in [0.29, 0.717) is 6.04 Å². The molecule has 0 aromatic heterocycles. The van der Waals surface area contributed by atoms with Gasteiger partial charge in [-0.25, -0.2) is 0 Å². The van der Waals surface area contributed by atoms with Gasteiger partial charge in [0.15, 0.2) is 0 Å². The number of piperidine rings is 1. The van der Waals surface area contributed by atoms with Gasteiger partial charge >= 0.3 is 0 Å². The predicted molar refractivity (Wildman–Crippen MR) is 69.3 cm³/mol. The number of nitrogens with zero attached hydrogens (tertiary/aromatic N) is 1. The Morgan fingerprint density at radius 2 is 2.00 bits per heavy atom. The van der Waals surface area contributed by atoms with Crippen LogP contribution < -0.4 is 5.73 Å². The second kappa shape index (κ2) is 5.83. The van der Waals surface area contributed by atoms with Crippen LogP contribution in [0.2, 0.25) is 0 Å². The SMILES string of the molecule is CCCC1CCN(CC2C=CC(N)C2)CC1. The summed E-state index contributed by atoms with van der Waals surface area (Å²) < 4.78 is 0. The Morgan fingerprint density at radius 3 is 2.56 bits per heavy atom. The molecule has 2 nitrogen and oxygen atoms in total. The second-order valence-electron chi connectivity index (χ2n) is 5.58. The third-order valence-electron chi connectivity index (χ3n) is 4.10. The lowest BCUT2D eigenvalue weighted by atomic mass is 9.92. The summed E-state index contributed by atoms with van der Waals surface area (Å²) in [6, 6.07) is 0.322. The third kappa shape index (κ3) is 3.33. The lowest BCUT2D eigenvalue weighted by Gasteiger charge is -2.33. The lowest BCUT2D eigenvalue weighted by molar-refractivity contribution is 0.164. The fourth-order valence-electron chi connectivity index (χ4n) is 3.14. The van der Waals surface area contributed by atoms with Gasteiger partial charge in [0.2, 0.25) is 0 Å². The lowest BCUT2D eigenvalue weighted by Crippen LogP contribution is -2.37. The summed E-state index contributed by atoms with van der Waals surface area (Å²) in [5.74, 6) is 1.72. The van der Waals surface area contributed by atoms with Gasteiger partial charge in [0.05, 0.1) is 0 Å². The van der Waals surface area contributed by atoms with Gasteiger partial charge in [0.25, 0.3) is 0 Å². The van der Waals surface area contributed by atoms with Gasteiger partial charge in [0, 0.05) is 12.6 Å². The molecule has 1 fully saturated rings. The Labute approximate surface area is 99.9 Å². The maximum atomic E-state index is 5.89. The van der Waals surface area contributed by atoms with Crippen molar-refractivity contribution in [3.63, 3.8) is 0 Å². The van der Waals surface area contributed by atoms with Crippen LogP contribution >= 0.6 is 0 Å². The highest BCUT2D eigenvalue weighted by Gasteiger charge is 2.22. The van der Waals surface area contributed by atoms with Crippen LogP contribution in [0, 0.1) is 11.8 Å². The van der Waals surface area contributed by atoms with E-state index in [4.69, 9.17) is 5.73 Å². The Morgan fingerprint density at radius 1 is 1.25 bits per heavy atom. The summed E-state index contributed by atoms with van der Waals surface area (Å²) in [5, 5.41) is 0. The molecular formula is C14H26N2. The van der Waals surface area contributed by atoms with Crippen LogP contribution in [0.5, 0.6) is 0 Å². The molecule has 2 N–H and O–H groups in total. The number of rotatable bonds is 4. The van der Waals surface area contributed by atoms with Crippen LogP contribution in [0.3, 0.4) is 0 Å². The molecule has 1 aliphatic heterocycles. The fourth-order valence-corrected chi connectivity index (χ4v) is 3.14. The van der Waals surface area contributed by atoms with E-state index in [0.717, 1.165) is 18.3 Å². The molecule has 2 aliphatic rings. The van der Waals surface area contributed by atoms with Crippen LogP contribution in [0.25, 0.3) is 0 Å². The van der Waals surface area contributed by atoms with Crippen LogP contribution in [-0.4, -0.2) is 30.6 Å². The highest BCUT2D eigenvalue weighted by atomic mass is 15.1. The van der Waals surface area contributed by atoms with Gasteiger partial charge in [-0.2, -0.15) is 0 Å². The molecule has 92 valence electrons. The molecule has 2 rings (SSSR count). The summed E-state index contributed by atoms with van der Waals surface area (Å²) in [6.45, 7) is 6.16. The van der Waals surface area contributed by atoms with E-state index in [1.807, 2.05) is 0 Å². The quantitative estimate of drug-likeness (QED) is 0.740. The highest BCUT2D eigenvalue weighted by Crippen LogP contribution is 2.24. The first-order valence-corrected chi connectivity index (χ1v) is 6.94. The van der Waals surface area contributed by atoms with E-state index < -0.39 is 0 Å². The van der Waals surface area contributed by atoms with E-state index in [1.165, 1.54) is 45.3 Å². The summed E-state index contributed by atoms with van der Waals surface area (Å²) in [6.07, 6.45) is 11.3. The number of hydrogen-bond donors (Lipinski definition) is 1. The van der Waals surface area contributed by atoms with Gasteiger partial charge in [-0.1, -0.05) is 31.9 Å². The molecule has 0 amide bonds. The Bertz CT molecular complexity index is 229. The minimum absolute atomic E-state index is 0.322. The van der Waals surface area contributed by atoms with Crippen molar-refractivity contribution in [2.75, 3.05) is 19.6 Å². The minimum Gasteiger partial charge on any atom is -0.324 e. The zero-order valence-electron chi connectivity index (χ0n) is 10.6. The maximum absolute atomic E-state index is 5.89. The second-order valence-corrected chi connectivity index (χ2v) is 5.58. The summed E-state index contributed by atoms with van der Waals surface area (Å²) >= 11 is 0. The smallest absolute Gasteiger partial charge is 0.0229 e. The third-order valence-corrected chi connectivity index (χ3v) is 4.10. The molecule has 1 saturated heterocycles. The van der Waals surface area contributed by atoms with E-state index in [9.17, 15) is 0 Å². The first kappa shape index (κ1) is 12.1. The van der Waals surface area contributed by atoms with Crippen molar-refractivity contribution in [3.05, 3.63) is 12.2 Å². The van der Waals surface area contributed by atoms with Gasteiger partial charge < -0.3 is 10.6 Å². The van der Waals surface area contributed by atoms with Crippen LogP contribution in [0.1, 0.15) is 39.0 Å². The molecule has 2 heteroatoms. The summed E-state index contributed by atoms with van der Waals surface area (Å²) in [7, 11) is 0. The zero-order chi connectivity index (χ0) is 11.4. The zero-order valence-corrected chi connectivity index (χ0v) is 10.6. The summed E-state index contributed by atoms with van der Waals surface area (Å²) in [4.78, 5) is 2.64. The van der Waals surface area contributed by atoms with Crippen LogP contribution in [0.4, 0.5) is 0 Å². The number of likely N-dealkylation sites (tertiary alicyclic amines) is 1. The fraction of sp³-hybridized carbons (Fsp3) is 0.857. The normalized spacial score (nSPS) is 32.4. The Kier molecular flexibility index (Phi) is 4.42. The molecule has 2 unspecified atom stereocenters. The summed E-state index contributed by atoms with van der Waals surface area (Å²) in [5.41, 5.74) is 5.89. The molecule has 0 spiro atoms. The molecule has 0 radical (unpaired) electrons. The van der Waals surface area contributed by atoms with Crippen LogP contribution in [0.15, 0.2) is 12.2 Å². The molecule has 0 aromatic rings. The topological polar surface area (TPSA) is 29.3 Å². The van der Waals surface area contributed by atoms with Crippen molar-refractivity contribution in [2.24, 2.45) is 17.6 Å². The molecule has 0 bridgehead atoms. The standard InChI is InChI=1S/C14H26N2/c1-2-3-12-6-8-16(9-7-12)11-13-4-5-14(15)10-13/h4-5,12-14H,2-3,6-11,15H2,1H3. The van der Waals surface area contributed by atoms with E-state index in [1.54, 1.807) is 0 Å². The number of nitrogens with two attached hydrogens (primary N) is 1. The highest BCUT2D eigenvalue weighted by molar-refractivity contribution is 5.05. The van der Waals surface area contributed by atoms with Crippen molar-refractivity contribution in [2.45, 2.75) is 45.1 Å². The van der Waals surface area contributed by atoms with Gasteiger partial charge in [-0.3, -0.25) is 0 Å². The van der Waals surface area contributed by atoms with Gasteiger partial charge in [-0.15, -0.1) is 0 Å². The van der Waals surface area contributed by atoms with E-state index >= 15 is 0 Å². The van der Waals surface area contributed by atoms with Crippen molar-refractivity contribution < 1.29 is 0 Å². The predicted octanol–water partition coefficient (Wildman–Crippen LogP) is 2.40. The molecule has 1 aliphatic carbocycles. The average molecular weight is 222 g/mol. The van der Waals surface area contributed by atoms with Crippen molar-refractivity contribution >= 4 is 0 Å². The first-order valence-electron chi connectivity index (χ1n) is 6.94. The van der Waals surface area contributed by atoms with Crippen molar-refractivity contribution in [1.82, 2.24) is 4.90 Å². The maximum Gasteiger partial charge on any atom is 0.0229 e. The van der Waals surface area contributed by atoms with Crippen LogP contribution in [-0.2, 0) is 0 Å². The molecule has 0 aromatic carbocycles. The molecule has 0 saturated carbocycles. The minimum atomic E-state index is 0.322. The van der Waals surface area contributed by atoms with Crippen molar-refractivity contribution in [3.8, 4) is 0 Å². The van der Waals surface area contributed by atoms with Crippen molar-refractivity contribution in [1.29, 1.82) is 0 Å². The molecule has 16 heavy (non-hydrogen) atoms. The van der Waals surface area contributed by atoms with Gasteiger partial charge in [0.1, 0.15) is 0 Å². The average Bonchev–Trinajstić information content (AvgIpc) is 2.67. The first-order chi connectivity index (χ1) is 7.78. The van der Waals surface area contributed by atoms with Gasteiger partial charge in [-0.05, 0) is 44.2 Å². The molecular weight excluding hydrogens is 196 g/mol. The largest absolute Gasteiger partial charge is 0.324 e. The molecule has 1 heterocycles. The van der Waals surface area contributed by atoms with E-state index in [2.05, 4.69) is 24.0 Å². The number of hydrogen-bond acceptors (Lipinski definition) is 2. The molecule has 2 atom stereocenters. The Hall–Kier alpha value is -0.340. The van der Waals surface area contributed by atoms with E-state index in [-0.39, 0.29) is 0 Å². The monoisotopic (exact) mass is 222 g/mol.